The second-order valence-electron chi connectivity index (χ2n) is 5.61. The Morgan fingerprint density at radius 3 is 2.89 bits per heavy atom. The van der Waals surface area contributed by atoms with Gasteiger partial charge in [-0.3, -0.25) is 5.10 Å². The van der Waals surface area contributed by atoms with Crippen LogP contribution in [0.4, 0.5) is 0 Å². The molecule has 2 atom stereocenters. The summed E-state index contributed by atoms with van der Waals surface area (Å²) in [5.74, 6) is 0.709. The van der Waals surface area contributed by atoms with Gasteiger partial charge in [0.2, 0.25) is 0 Å². The molecule has 0 spiro atoms. The quantitative estimate of drug-likeness (QED) is 0.831. The number of hydrogen-bond donors (Lipinski definition) is 2. The van der Waals surface area contributed by atoms with Crippen molar-refractivity contribution in [2.75, 3.05) is 6.61 Å². The van der Waals surface area contributed by atoms with E-state index in [1.807, 2.05) is 6.20 Å². The number of aromatic nitrogens is 2. The highest BCUT2D eigenvalue weighted by atomic mass is 16.5. The zero-order valence-electron chi connectivity index (χ0n) is 12.4. The fourth-order valence-electron chi connectivity index (χ4n) is 2.96. The zero-order chi connectivity index (χ0) is 13.7. The lowest BCUT2D eigenvalue weighted by molar-refractivity contribution is -0.0350. The fraction of sp³-hybridized carbons (Fsp3) is 0.800. The number of rotatable bonds is 6. The van der Waals surface area contributed by atoms with Crippen LogP contribution in [0.2, 0.25) is 0 Å². The van der Waals surface area contributed by atoms with Crippen LogP contribution in [0.1, 0.15) is 50.8 Å². The molecule has 0 aliphatic carbocycles. The summed E-state index contributed by atoms with van der Waals surface area (Å²) < 4.78 is 5.95. The second-order valence-corrected chi connectivity index (χ2v) is 5.61. The molecule has 1 saturated heterocycles. The number of H-pyrrole nitrogens is 1. The van der Waals surface area contributed by atoms with Crippen LogP contribution in [0.5, 0.6) is 0 Å². The van der Waals surface area contributed by atoms with Gasteiger partial charge in [0, 0.05) is 30.5 Å². The largest absolute Gasteiger partial charge is 0.378 e. The van der Waals surface area contributed by atoms with Crippen molar-refractivity contribution in [2.24, 2.45) is 5.92 Å². The van der Waals surface area contributed by atoms with E-state index in [0.29, 0.717) is 18.1 Å². The lowest BCUT2D eigenvalue weighted by atomic mass is 9.89. The monoisotopic (exact) mass is 265 g/mol. The van der Waals surface area contributed by atoms with Gasteiger partial charge in [0.05, 0.1) is 12.3 Å². The van der Waals surface area contributed by atoms with Crippen molar-refractivity contribution in [1.29, 1.82) is 0 Å². The molecule has 1 fully saturated rings. The molecule has 0 unspecified atom stereocenters. The van der Waals surface area contributed by atoms with Crippen molar-refractivity contribution < 1.29 is 4.74 Å². The smallest absolute Gasteiger partial charge is 0.0617 e. The highest BCUT2D eigenvalue weighted by Crippen LogP contribution is 2.25. The molecule has 19 heavy (non-hydrogen) atoms. The van der Waals surface area contributed by atoms with E-state index >= 15 is 0 Å². The van der Waals surface area contributed by atoms with Gasteiger partial charge in [-0.1, -0.05) is 26.7 Å². The third-order valence-electron chi connectivity index (χ3n) is 4.41. The average molecular weight is 265 g/mol. The molecule has 2 rings (SSSR count). The van der Waals surface area contributed by atoms with Gasteiger partial charge >= 0.3 is 0 Å². The molecule has 108 valence electrons. The van der Waals surface area contributed by atoms with Crippen molar-refractivity contribution in [3.63, 3.8) is 0 Å². The van der Waals surface area contributed by atoms with Gasteiger partial charge in [-0.15, -0.1) is 0 Å². The number of ether oxygens (including phenoxy) is 1. The molecule has 2 heterocycles. The van der Waals surface area contributed by atoms with Crippen molar-refractivity contribution >= 4 is 0 Å². The van der Waals surface area contributed by atoms with Crippen molar-refractivity contribution in [3.05, 3.63) is 17.5 Å². The maximum atomic E-state index is 5.95. The molecule has 0 aromatic carbocycles. The van der Waals surface area contributed by atoms with Crippen LogP contribution in [0, 0.1) is 12.8 Å². The summed E-state index contributed by atoms with van der Waals surface area (Å²) in [5.41, 5.74) is 2.43. The Hall–Kier alpha value is -0.870. The lowest BCUT2D eigenvalue weighted by Gasteiger charge is -2.34. The van der Waals surface area contributed by atoms with E-state index in [1.54, 1.807) is 0 Å². The lowest BCUT2D eigenvalue weighted by Crippen LogP contribution is -2.41. The second kappa shape index (κ2) is 7.06. The summed E-state index contributed by atoms with van der Waals surface area (Å²) in [6.07, 6.45) is 7.05. The van der Waals surface area contributed by atoms with Crippen LogP contribution in [0.3, 0.4) is 0 Å². The van der Waals surface area contributed by atoms with Gasteiger partial charge in [-0.25, -0.2) is 0 Å². The normalized spacial score (nSPS) is 24.0. The summed E-state index contributed by atoms with van der Waals surface area (Å²) in [7, 11) is 0. The Morgan fingerprint density at radius 1 is 1.47 bits per heavy atom. The van der Waals surface area contributed by atoms with E-state index < -0.39 is 0 Å². The van der Waals surface area contributed by atoms with E-state index in [4.69, 9.17) is 4.74 Å². The third kappa shape index (κ3) is 3.80. The molecule has 0 bridgehead atoms. The van der Waals surface area contributed by atoms with Gasteiger partial charge in [0.15, 0.2) is 0 Å². The molecule has 0 amide bonds. The minimum Gasteiger partial charge on any atom is -0.378 e. The van der Waals surface area contributed by atoms with Gasteiger partial charge in [0.1, 0.15) is 0 Å². The van der Waals surface area contributed by atoms with Gasteiger partial charge in [0.25, 0.3) is 0 Å². The van der Waals surface area contributed by atoms with E-state index in [0.717, 1.165) is 31.7 Å². The molecule has 1 aromatic rings. The summed E-state index contributed by atoms with van der Waals surface area (Å²) in [6.45, 7) is 8.40. The number of aryl methyl sites for hydroxylation is 1. The maximum Gasteiger partial charge on any atom is 0.0617 e. The Kier molecular flexibility index (Phi) is 5.40. The standard InChI is InChI=1S/C15H27N3O/c1-4-12(5-2)15-8-14(6-7-19-15)16-9-13-10-17-18-11(13)3/h10,12,14-16H,4-9H2,1-3H3,(H,17,18)/t14-,15+/m1/s1. The predicted molar refractivity (Wildman–Crippen MR) is 77.0 cm³/mol. The topological polar surface area (TPSA) is 49.9 Å². The fourth-order valence-corrected chi connectivity index (χ4v) is 2.96. The number of nitrogens with zero attached hydrogens (tertiary/aromatic N) is 1. The number of aromatic amines is 1. The van der Waals surface area contributed by atoms with E-state index in [-0.39, 0.29) is 0 Å². The molecule has 4 heteroatoms. The van der Waals surface area contributed by atoms with Crippen LogP contribution in [0.15, 0.2) is 6.20 Å². The average Bonchev–Trinajstić information content (AvgIpc) is 2.84. The van der Waals surface area contributed by atoms with E-state index in [1.165, 1.54) is 18.4 Å². The Morgan fingerprint density at radius 2 is 2.26 bits per heavy atom. The molecule has 1 aliphatic heterocycles. The van der Waals surface area contributed by atoms with Crippen molar-refractivity contribution in [1.82, 2.24) is 15.5 Å². The molecule has 4 nitrogen and oxygen atoms in total. The van der Waals surface area contributed by atoms with Crippen LogP contribution in [-0.2, 0) is 11.3 Å². The molecule has 2 N–H and O–H groups in total. The Balaban J connectivity index is 1.82. The third-order valence-corrected chi connectivity index (χ3v) is 4.41. The molecule has 0 saturated carbocycles. The minimum atomic E-state index is 0.437. The highest BCUT2D eigenvalue weighted by molar-refractivity contribution is 5.13. The van der Waals surface area contributed by atoms with Crippen molar-refractivity contribution in [3.8, 4) is 0 Å². The van der Waals surface area contributed by atoms with Crippen molar-refractivity contribution in [2.45, 2.75) is 65.1 Å². The first-order valence-corrected chi connectivity index (χ1v) is 7.58. The van der Waals surface area contributed by atoms with Gasteiger partial charge in [-0.05, 0) is 25.7 Å². The number of hydrogen-bond acceptors (Lipinski definition) is 3. The van der Waals surface area contributed by atoms with E-state index in [2.05, 4.69) is 36.3 Å². The number of nitrogens with one attached hydrogen (secondary N) is 2. The molecule has 1 aliphatic rings. The first-order chi connectivity index (χ1) is 9.24. The van der Waals surface area contributed by atoms with Crippen LogP contribution in [0.25, 0.3) is 0 Å². The molecule has 1 aromatic heterocycles. The zero-order valence-corrected chi connectivity index (χ0v) is 12.4. The summed E-state index contributed by atoms with van der Waals surface area (Å²) in [6, 6.07) is 0.577. The first-order valence-electron chi connectivity index (χ1n) is 7.58. The van der Waals surface area contributed by atoms with Crippen LogP contribution in [-0.4, -0.2) is 29.0 Å². The summed E-state index contributed by atoms with van der Waals surface area (Å²) in [5, 5.41) is 10.7. The highest BCUT2D eigenvalue weighted by Gasteiger charge is 2.27. The first kappa shape index (κ1) is 14.5. The Labute approximate surface area is 116 Å². The SMILES string of the molecule is CCC(CC)[C@@H]1C[C@H](NCc2cn[nH]c2C)CCO1. The minimum absolute atomic E-state index is 0.437. The summed E-state index contributed by atoms with van der Waals surface area (Å²) in [4.78, 5) is 0. The van der Waals surface area contributed by atoms with Crippen LogP contribution < -0.4 is 5.32 Å². The predicted octanol–water partition coefficient (Wildman–Crippen LogP) is 2.79. The molecular formula is C15H27N3O. The Bertz CT molecular complexity index is 373. The molecule has 0 radical (unpaired) electrons. The van der Waals surface area contributed by atoms with Crippen LogP contribution >= 0.6 is 0 Å². The molecular weight excluding hydrogens is 238 g/mol. The van der Waals surface area contributed by atoms with Gasteiger partial charge in [-0.2, -0.15) is 5.10 Å². The maximum absolute atomic E-state index is 5.95. The van der Waals surface area contributed by atoms with E-state index in [9.17, 15) is 0 Å². The van der Waals surface area contributed by atoms with Gasteiger partial charge < -0.3 is 10.1 Å². The summed E-state index contributed by atoms with van der Waals surface area (Å²) >= 11 is 0.